The minimum absolute atomic E-state index is 0.0727. The number of carboxylic acids is 1. The third-order valence-electron chi connectivity index (χ3n) is 4.34. The van der Waals surface area contributed by atoms with E-state index in [2.05, 4.69) is 11.9 Å². The molecule has 0 aliphatic carbocycles. The van der Waals surface area contributed by atoms with E-state index < -0.39 is 5.97 Å². The fourth-order valence-corrected chi connectivity index (χ4v) is 4.86. The minimum Gasteiger partial charge on any atom is -0.493 e. The van der Waals surface area contributed by atoms with E-state index in [1.165, 1.54) is 28.5 Å². The summed E-state index contributed by atoms with van der Waals surface area (Å²) in [5, 5.41) is 10.5. The van der Waals surface area contributed by atoms with E-state index in [0.717, 1.165) is 30.7 Å². The number of carbonyl (C=O) groups is 2. The van der Waals surface area contributed by atoms with Crippen LogP contribution in [0.1, 0.15) is 41.7 Å². The number of aromatic carboxylic acids is 1. The second-order valence-electron chi connectivity index (χ2n) is 6.21. The van der Waals surface area contributed by atoms with Crippen LogP contribution in [0.5, 0.6) is 5.75 Å². The van der Waals surface area contributed by atoms with E-state index in [9.17, 15) is 9.59 Å². The van der Waals surface area contributed by atoms with Gasteiger partial charge in [-0.15, -0.1) is 11.3 Å². The molecule has 3 rings (SSSR count). The van der Waals surface area contributed by atoms with Gasteiger partial charge >= 0.3 is 5.97 Å². The summed E-state index contributed by atoms with van der Waals surface area (Å²) in [5.74, 6) is 0.464. The van der Waals surface area contributed by atoms with Crippen molar-refractivity contribution < 1.29 is 19.4 Å². The number of carbonyl (C=O) groups excluding carboxylic acids is 1. The molecule has 0 spiro atoms. The maximum absolute atomic E-state index is 12.8. The van der Waals surface area contributed by atoms with Gasteiger partial charge in [0, 0.05) is 29.8 Å². The molecule has 6 nitrogen and oxygen atoms in total. The van der Waals surface area contributed by atoms with Crippen LogP contribution in [0.15, 0.2) is 34.0 Å². The van der Waals surface area contributed by atoms with Crippen LogP contribution in [0.3, 0.4) is 0 Å². The molecule has 27 heavy (non-hydrogen) atoms. The first-order chi connectivity index (χ1) is 13.1. The van der Waals surface area contributed by atoms with Crippen molar-refractivity contribution in [1.82, 2.24) is 9.88 Å². The molecule has 1 unspecified atom stereocenters. The Hall–Kier alpha value is -2.06. The van der Waals surface area contributed by atoms with Crippen molar-refractivity contribution in [3.63, 3.8) is 0 Å². The number of thiazole rings is 1. The SMILES string of the molecule is CCCOc1ccccc1C1CCN(CCSc2nc(C(=O)O)cs2)C1=O. The minimum atomic E-state index is -1.01. The molecule has 2 aromatic rings. The number of thioether (sulfide) groups is 1. The van der Waals surface area contributed by atoms with Crippen LogP contribution in [-0.2, 0) is 4.79 Å². The smallest absolute Gasteiger partial charge is 0.355 e. The molecule has 1 atom stereocenters. The summed E-state index contributed by atoms with van der Waals surface area (Å²) in [5.41, 5.74) is 1.04. The van der Waals surface area contributed by atoms with Gasteiger partial charge in [-0.2, -0.15) is 0 Å². The van der Waals surface area contributed by atoms with Gasteiger partial charge < -0.3 is 14.7 Å². The Labute approximate surface area is 166 Å². The molecular formula is C19H22N2O4S2. The van der Waals surface area contributed by atoms with Crippen molar-refractivity contribution in [2.75, 3.05) is 25.4 Å². The van der Waals surface area contributed by atoms with Gasteiger partial charge in [-0.25, -0.2) is 9.78 Å². The molecule has 1 aromatic carbocycles. The van der Waals surface area contributed by atoms with Gasteiger partial charge in [0.2, 0.25) is 5.91 Å². The molecule has 2 heterocycles. The molecule has 0 radical (unpaired) electrons. The average molecular weight is 407 g/mol. The fourth-order valence-electron chi connectivity index (χ4n) is 3.03. The number of hydrogen-bond donors (Lipinski definition) is 1. The number of aromatic nitrogens is 1. The zero-order valence-corrected chi connectivity index (χ0v) is 16.7. The van der Waals surface area contributed by atoms with Gasteiger partial charge in [-0.3, -0.25) is 4.79 Å². The summed E-state index contributed by atoms with van der Waals surface area (Å²) in [6.45, 7) is 4.05. The Morgan fingerprint density at radius 3 is 3.00 bits per heavy atom. The highest BCUT2D eigenvalue weighted by molar-refractivity contribution is 8.01. The highest BCUT2D eigenvalue weighted by Crippen LogP contribution is 2.35. The fraction of sp³-hybridized carbons (Fsp3) is 0.421. The zero-order valence-electron chi connectivity index (χ0n) is 15.1. The van der Waals surface area contributed by atoms with Crippen molar-refractivity contribution in [1.29, 1.82) is 0 Å². The molecule has 1 aliphatic heterocycles. The average Bonchev–Trinajstić information content (AvgIpc) is 3.28. The quantitative estimate of drug-likeness (QED) is 0.639. The van der Waals surface area contributed by atoms with Gasteiger partial charge in [-0.1, -0.05) is 36.9 Å². The summed E-state index contributed by atoms with van der Waals surface area (Å²) in [6, 6.07) is 7.79. The number of para-hydroxylation sites is 1. The van der Waals surface area contributed by atoms with Crippen molar-refractivity contribution in [2.45, 2.75) is 30.0 Å². The van der Waals surface area contributed by atoms with Gasteiger partial charge in [0.15, 0.2) is 10.0 Å². The summed E-state index contributed by atoms with van der Waals surface area (Å²) < 4.78 is 6.53. The lowest BCUT2D eigenvalue weighted by Gasteiger charge is -2.18. The molecule has 1 fully saturated rings. The van der Waals surface area contributed by atoms with Gasteiger partial charge in [0.25, 0.3) is 0 Å². The summed E-state index contributed by atoms with van der Waals surface area (Å²) in [4.78, 5) is 29.6. The lowest BCUT2D eigenvalue weighted by molar-refractivity contribution is -0.128. The number of ether oxygens (including phenoxy) is 1. The first-order valence-corrected chi connectivity index (χ1v) is 10.8. The van der Waals surface area contributed by atoms with E-state index in [1.807, 2.05) is 29.2 Å². The molecule has 1 saturated heterocycles. The van der Waals surface area contributed by atoms with Crippen molar-refractivity contribution in [3.8, 4) is 5.75 Å². The van der Waals surface area contributed by atoms with E-state index in [4.69, 9.17) is 9.84 Å². The lowest BCUT2D eigenvalue weighted by atomic mass is 9.97. The van der Waals surface area contributed by atoms with E-state index in [-0.39, 0.29) is 17.5 Å². The third kappa shape index (κ3) is 4.81. The topological polar surface area (TPSA) is 79.7 Å². The van der Waals surface area contributed by atoms with Crippen LogP contribution in [-0.4, -0.2) is 52.3 Å². The van der Waals surface area contributed by atoms with Crippen molar-refractivity contribution in [3.05, 3.63) is 40.9 Å². The van der Waals surface area contributed by atoms with E-state index in [1.54, 1.807) is 0 Å². The maximum Gasteiger partial charge on any atom is 0.355 e. The summed E-state index contributed by atoms with van der Waals surface area (Å²) >= 11 is 2.80. The summed E-state index contributed by atoms with van der Waals surface area (Å²) in [7, 11) is 0. The number of nitrogens with zero attached hydrogens (tertiary/aromatic N) is 2. The second kappa shape index (κ2) is 9.23. The normalized spacial score (nSPS) is 16.7. The van der Waals surface area contributed by atoms with Crippen molar-refractivity contribution >= 4 is 35.0 Å². The first kappa shape index (κ1) is 19.7. The molecule has 1 N–H and O–H groups in total. The van der Waals surface area contributed by atoms with Crippen LogP contribution in [0.2, 0.25) is 0 Å². The predicted octanol–water partition coefficient (Wildman–Crippen LogP) is 3.74. The number of hydrogen-bond acceptors (Lipinski definition) is 6. The summed E-state index contributed by atoms with van der Waals surface area (Å²) in [6.07, 6.45) is 1.72. The van der Waals surface area contributed by atoms with Crippen LogP contribution < -0.4 is 4.74 Å². The Balaban J connectivity index is 1.56. The van der Waals surface area contributed by atoms with Gasteiger partial charge in [-0.05, 0) is 18.9 Å². The van der Waals surface area contributed by atoms with E-state index in [0.29, 0.717) is 23.2 Å². The van der Waals surface area contributed by atoms with Crippen molar-refractivity contribution in [2.24, 2.45) is 0 Å². The molecule has 0 bridgehead atoms. The third-order valence-corrected chi connectivity index (χ3v) is 6.34. The van der Waals surface area contributed by atoms with Crippen LogP contribution in [0.4, 0.5) is 0 Å². The van der Waals surface area contributed by atoms with Crippen LogP contribution >= 0.6 is 23.1 Å². The molecule has 1 amide bonds. The second-order valence-corrected chi connectivity index (χ2v) is 8.41. The number of amides is 1. The Morgan fingerprint density at radius 1 is 1.44 bits per heavy atom. The molecule has 1 aliphatic rings. The molecule has 1 aromatic heterocycles. The Kier molecular flexibility index (Phi) is 6.73. The number of benzene rings is 1. The molecule has 144 valence electrons. The predicted molar refractivity (Wildman–Crippen MR) is 106 cm³/mol. The van der Waals surface area contributed by atoms with E-state index >= 15 is 0 Å². The van der Waals surface area contributed by atoms with Gasteiger partial charge in [0.05, 0.1) is 12.5 Å². The highest BCUT2D eigenvalue weighted by Gasteiger charge is 2.34. The van der Waals surface area contributed by atoms with Crippen LogP contribution in [0.25, 0.3) is 0 Å². The Bertz CT molecular complexity index is 809. The molecule has 0 saturated carbocycles. The monoisotopic (exact) mass is 406 g/mol. The highest BCUT2D eigenvalue weighted by atomic mass is 32.2. The zero-order chi connectivity index (χ0) is 19.2. The largest absolute Gasteiger partial charge is 0.493 e. The molecule has 8 heteroatoms. The maximum atomic E-state index is 12.8. The molecular weight excluding hydrogens is 384 g/mol. The lowest BCUT2D eigenvalue weighted by Crippen LogP contribution is -2.29. The standard InChI is InChI=1S/C19H22N2O4S2/c1-2-10-25-16-6-4-3-5-13(16)14-7-8-21(17(14)22)9-11-26-19-20-15(12-27-19)18(23)24/h3-6,12,14H,2,7-11H2,1H3,(H,23,24). The van der Waals surface area contributed by atoms with Gasteiger partial charge in [0.1, 0.15) is 5.75 Å². The number of rotatable bonds is 9. The number of carboxylic acid groups (broad SMARTS) is 1. The number of likely N-dealkylation sites (tertiary alicyclic amines) is 1. The first-order valence-electron chi connectivity index (χ1n) is 8.92. The Morgan fingerprint density at radius 2 is 2.26 bits per heavy atom. The van der Waals surface area contributed by atoms with Crippen LogP contribution in [0, 0.1) is 0 Å².